The summed E-state index contributed by atoms with van der Waals surface area (Å²) >= 11 is 0. The van der Waals surface area contributed by atoms with E-state index in [1.807, 2.05) is 13.1 Å². The van der Waals surface area contributed by atoms with Crippen molar-refractivity contribution in [3.8, 4) is 0 Å². The summed E-state index contributed by atoms with van der Waals surface area (Å²) < 4.78 is 0. The van der Waals surface area contributed by atoms with Crippen LogP contribution in [0, 0.1) is 10.8 Å². The standard InChI is InChI=1S/C13H26OSi/c1-10-12(4,5)13(10,6)9-11(2,3)15(7,8)14/h14H,1,9H2,2-8H3. The Kier molecular flexibility index (Phi) is 2.58. The molecule has 0 saturated heterocycles. The molecule has 0 amide bonds. The molecule has 1 unspecified atom stereocenters. The summed E-state index contributed by atoms with van der Waals surface area (Å²) in [4.78, 5) is 10.3. The van der Waals surface area contributed by atoms with Crippen LogP contribution in [-0.4, -0.2) is 13.1 Å². The summed E-state index contributed by atoms with van der Waals surface area (Å²) in [6.07, 6.45) is 1.06. The molecule has 1 aliphatic rings. The molecule has 2 heteroatoms. The lowest BCUT2D eigenvalue weighted by Gasteiger charge is -2.38. The minimum atomic E-state index is -2.09. The molecule has 0 heterocycles. The molecule has 0 bridgehead atoms. The van der Waals surface area contributed by atoms with Crippen LogP contribution >= 0.6 is 0 Å². The number of rotatable bonds is 3. The Labute approximate surface area is 95.7 Å². The Morgan fingerprint density at radius 1 is 1.27 bits per heavy atom. The second kappa shape index (κ2) is 2.98. The maximum Gasteiger partial charge on any atom is 0.188 e. The van der Waals surface area contributed by atoms with Crippen LogP contribution in [0.3, 0.4) is 0 Å². The average Bonchev–Trinajstić information content (AvgIpc) is 2.31. The fourth-order valence-electron chi connectivity index (χ4n) is 2.46. The van der Waals surface area contributed by atoms with E-state index in [0.29, 0.717) is 0 Å². The monoisotopic (exact) mass is 226 g/mol. The molecule has 1 atom stereocenters. The summed E-state index contributed by atoms with van der Waals surface area (Å²) in [6, 6.07) is 0. The summed E-state index contributed by atoms with van der Waals surface area (Å²) in [6.45, 7) is 19.5. The molecule has 0 aromatic rings. The molecular weight excluding hydrogens is 200 g/mol. The van der Waals surface area contributed by atoms with E-state index < -0.39 is 8.32 Å². The third kappa shape index (κ3) is 1.72. The Balaban J connectivity index is 2.86. The summed E-state index contributed by atoms with van der Waals surface area (Å²) in [5.74, 6) is 0. The van der Waals surface area contributed by atoms with Gasteiger partial charge in [0.05, 0.1) is 0 Å². The minimum Gasteiger partial charge on any atom is -0.432 e. The molecule has 1 nitrogen and oxygen atoms in total. The van der Waals surface area contributed by atoms with Crippen LogP contribution in [0.1, 0.15) is 41.0 Å². The SMILES string of the molecule is C=C1C(C)(C)C1(C)CC(C)(C)[Si](C)(C)O. The predicted octanol–water partition coefficient (Wildman–Crippen LogP) is 3.96. The lowest BCUT2D eigenvalue weighted by Crippen LogP contribution is -2.40. The molecule has 1 N–H and O–H groups in total. The van der Waals surface area contributed by atoms with Gasteiger partial charge in [-0.05, 0) is 35.4 Å². The second-order valence-corrected chi connectivity index (χ2v) is 11.5. The molecule has 88 valence electrons. The molecule has 1 aliphatic carbocycles. The molecule has 1 fully saturated rings. The predicted molar refractivity (Wildman–Crippen MR) is 69.4 cm³/mol. The zero-order valence-corrected chi connectivity index (χ0v) is 12.4. The first kappa shape index (κ1) is 13.0. The highest BCUT2D eigenvalue weighted by Crippen LogP contribution is 2.72. The zero-order valence-electron chi connectivity index (χ0n) is 11.4. The van der Waals surface area contributed by atoms with Gasteiger partial charge in [0.1, 0.15) is 0 Å². The molecule has 1 rings (SSSR count). The van der Waals surface area contributed by atoms with Crippen LogP contribution in [0.2, 0.25) is 18.1 Å². The van der Waals surface area contributed by atoms with E-state index in [2.05, 4.69) is 41.2 Å². The van der Waals surface area contributed by atoms with Gasteiger partial charge in [-0.15, -0.1) is 0 Å². The minimum absolute atomic E-state index is 0.0540. The van der Waals surface area contributed by atoms with Crippen LogP contribution < -0.4 is 0 Å². The molecule has 0 aromatic heterocycles. The van der Waals surface area contributed by atoms with Crippen molar-refractivity contribution in [1.82, 2.24) is 0 Å². The lowest BCUT2D eigenvalue weighted by atomic mass is 9.88. The normalized spacial score (nSPS) is 30.5. The molecule has 0 aliphatic heterocycles. The van der Waals surface area contributed by atoms with Crippen LogP contribution in [0.15, 0.2) is 12.2 Å². The van der Waals surface area contributed by atoms with Gasteiger partial charge in [-0.2, -0.15) is 0 Å². The van der Waals surface area contributed by atoms with Gasteiger partial charge in [0.25, 0.3) is 0 Å². The largest absolute Gasteiger partial charge is 0.432 e. The van der Waals surface area contributed by atoms with Gasteiger partial charge in [0, 0.05) is 0 Å². The van der Waals surface area contributed by atoms with E-state index in [-0.39, 0.29) is 15.9 Å². The van der Waals surface area contributed by atoms with E-state index in [4.69, 9.17) is 0 Å². The third-order valence-corrected chi connectivity index (χ3v) is 8.68. The van der Waals surface area contributed by atoms with E-state index in [1.54, 1.807) is 0 Å². The van der Waals surface area contributed by atoms with Gasteiger partial charge in [0.2, 0.25) is 0 Å². The van der Waals surface area contributed by atoms with E-state index >= 15 is 0 Å². The molecular formula is C13H26OSi. The molecule has 15 heavy (non-hydrogen) atoms. The van der Waals surface area contributed by atoms with Gasteiger partial charge in [-0.3, -0.25) is 0 Å². The van der Waals surface area contributed by atoms with Crippen molar-refractivity contribution in [2.75, 3.05) is 0 Å². The first-order valence-electron chi connectivity index (χ1n) is 5.78. The van der Waals surface area contributed by atoms with Crippen molar-refractivity contribution < 1.29 is 4.80 Å². The van der Waals surface area contributed by atoms with E-state index in [9.17, 15) is 4.80 Å². The Bertz CT molecular complexity index is 296. The van der Waals surface area contributed by atoms with Crippen LogP contribution in [0.4, 0.5) is 0 Å². The Morgan fingerprint density at radius 2 is 1.60 bits per heavy atom. The summed E-state index contributed by atoms with van der Waals surface area (Å²) in [5.41, 5.74) is 1.83. The first-order chi connectivity index (χ1) is 6.36. The summed E-state index contributed by atoms with van der Waals surface area (Å²) in [5, 5.41) is 0.0540. The second-order valence-electron chi connectivity index (χ2n) is 7.06. The van der Waals surface area contributed by atoms with E-state index in [0.717, 1.165) is 6.42 Å². The number of hydrogen-bond acceptors (Lipinski definition) is 1. The first-order valence-corrected chi connectivity index (χ1v) is 8.73. The van der Waals surface area contributed by atoms with Crippen molar-refractivity contribution in [2.24, 2.45) is 10.8 Å². The van der Waals surface area contributed by atoms with Crippen molar-refractivity contribution >= 4 is 8.32 Å². The fraction of sp³-hybridized carbons (Fsp3) is 0.846. The molecule has 0 spiro atoms. The van der Waals surface area contributed by atoms with Gasteiger partial charge in [0.15, 0.2) is 8.32 Å². The van der Waals surface area contributed by atoms with Gasteiger partial charge in [-0.25, -0.2) is 0 Å². The maximum absolute atomic E-state index is 10.3. The van der Waals surface area contributed by atoms with Crippen LogP contribution in [0.25, 0.3) is 0 Å². The molecule has 0 aromatic carbocycles. The Morgan fingerprint density at radius 3 is 1.80 bits per heavy atom. The maximum atomic E-state index is 10.3. The highest BCUT2D eigenvalue weighted by molar-refractivity contribution is 6.72. The zero-order chi connectivity index (χ0) is 12.3. The molecule has 1 saturated carbocycles. The van der Waals surface area contributed by atoms with Crippen LogP contribution in [0.5, 0.6) is 0 Å². The van der Waals surface area contributed by atoms with Gasteiger partial charge in [-0.1, -0.05) is 46.8 Å². The van der Waals surface area contributed by atoms with Crippen molar-refractivity contribution in [2.45, 2.75) is 59.2 Å². The average molecular weight is 226 g/mol. The van der Waals surface area contributed by atoms with Crippen LogP contribution in [-0.2, 0) is 0 Å². The fourth-order valence-corrected chi connectivity index (χ4v) is 3.24. The topological polar surface area (TPSA) is 20.2 Å². The Hall–Kier alpha value is -0.0831. The third-order valence-electron chi connectivity index (χ3n) is 5.19. The molecule has 0 radical (unpaired) electrons. The van der Waals surface area contributed by atoms with Crippen molar-refractivity contribution in [1.29, 1.82) is 0 Å². The lowest BCUT2D eigenvalue weighted by molar-refractivity contribution is 0.323. The summed E-state index contributed by atoms with van der Waals surface area (Å²) in [7, 11) is -2.09. The van der Waals surface area contributed by atoms with Gasteiger partial charge < -0.3 is 4.80 Å². The number of hydrogen-bond donors (Lipinski definition) is 1. The van der Waals surface area contributed by atoms with E-state index in [1.165, 1.54) is 5.57 Å². The van der Waals surface area contributed by atoms with Gasteiger partial charge >= 0.3 is 0 Å². The number of allylic oxidation sites excluding steroid dienone is 1. The highest BCUT2D eigenvalue weighted by Gasteiger charge is 2.64. The van der Waals surface area contributed by atoms with Crippen molar-refractivity contribution in [3.05, 3.63) is 12.2 Å². The quantitative estimate of drug-likeness (QED) is 0.570. The smallest absolute Gasteiger partial charge is 0.188 e. The van der Waals surface area contributed by atoms with Crippen molar-refractivity contribution in [3.63, 3.8) is 0 Å². The highest BCUT2D eigenvalue weighted by atomic mass is 28.4.